The summed E-state index contributed by atoms with van der Waals surface area (Å²) in [6, 6.07) is 1.39. The molecule has 1 heterocycles. The Bertz CT molecular complexity index is 292. The minimum Gasteiger partial charge on any atom is -0.478 e. The average molecular weight is 171 g/mol. The number of furan rings is 1. The number of aromatic carboxylic acids is 1. The van der Waals surface area contributed by atoms with Crippen LogP contribution in [0.3, 0.4) is 0 Å². The van der Waals surface area contributed by atoms with Crippen LogP contribution in [0.1, 0.15) is 21.9 Å². The van der Waals surface area contributed by atoms with Gasteiger partial charge in [0, 0.05) is 0 Å². The highest BCUT2D eigenvalue weighted by atomic mass is 16.6. The standard InChI is InChI=1S/C7H9NO4/c1-4-6(7(9)10)2-5(12-4)3-11-8/h2H,3,8H2,1H3,(H,9,10). The van der Waals surface area contributed by atoms with Gasteiger partial charge in [-0.3, -0.25) is 4.84 Å². The topological polar surface area (TPSA) is 85.7 Å². The van der Waals surface area contributed by atoms with Crippen molar-refractivity contribution < 1.29 is 19.2 Å². The van der Waals surface area contributed by atoms with Crippen LogP contribution in [0.5, 0.6) is 0 Å². The fourth-order valence-electron chi connectivity index (χ4n) is 0.909. The monoisotopic (exact) mass is 171 g/mol. The van der Waals surface area contributed by atoms with Gasteiger partial charge in [-0.2, -0.15) is 0 Å². The molecule has 0 aliphatic carbocycles. The van der Waals surface area contributed by atoms with Crippen molar-refractivity contribution in [2.24, 2.45) is 5.90 Å². The molecule has 0 bridgehead atoms. The molecule has 66 valence electrons. The lowest BCUT2D eigenvalue weighted by Crippen LogP contribution is -1.97. The van der Waals surface area contributed by atoms with Crippen LogP contribution in [0.25, 0.3) is 0 Å². The highest BCUT2D eigenvalue weighted by Gasteiger charge is 2.12. The summed E-state index contributed by atoms with van der Waals surface area (Å²) >= 11 is 0. The first-order valence-corrected chi connectivity index (χ1v) is 3.29. The normalized spacial score (nSPS) is 10.2. The molecule has 0 atom stereocenters. The second kappa shape index (κ2) is 3.38. The Hall–Kier alpha value is -1.33. The van der Waals surface area contributed by atoms with Gasteiger partial charge in [-0.1, -0.05) is 0 Å². The zero-order valence-corrected chi connectivity index (χ0v) is 6.53. The average Bonchev–Trinajstić information content (AvgIpc) is 2.32. The first kappa shape index (κ1) is 8.76. The first-order chi connectivity index (χ1) is 5.65. The molecule has 0 saturated heterocycles. The van der Waals surface area contributed by atoms with Crippen LogP contribution in [-0.4, -0.2) is 11.1 Å². The summed E-state index contributed by atoms with van der Waals surface area (Å²) in [7, 11) is 0. The van der Waals surface area contributed by atoms with Crippen LogP contribution in [0.4, 0.5) is 0 Å². The smallest absolute Gasteiger partial charge is 0.339 e. The number of carboxylic acids is 1. The molecule has 0 fully saturated rings. The third-order valence-electron chi connectivity index (χ3n) is 1.42. The van der Waals surface area contributed by atoms with E-state index in [1.807, 2.05) is 0 Å². The molecule has 3 N–H and O–H groups in total. The maximum absolute atomic E-state index is 10.5. The van der Waals surface area contributed by atoms with E-state index in [4.69, 9.17) is 15.4 Å². The lowest BCUT2D eigenvalue weighted by molar-refractivity contribution is 0.0695. The quantitative estimate of drug-likeness (QED) is 0.653. The van der Waals surface area contributed by atoms with E-state index in [2.05, 4.69) is 4.84 Å². The van der Waals surface area contributed by atoms with Gasteiger partial charge < -0.3 is 9.52 Å². The number of hydrogen-bond acceptors (Lipinski definition) is 4. The Morgan fingerprint density at radius 2 is 2.50 bits per heavy atom. The van der Waals surface area contributed by atoms with Crippen molar-refractivity contribution in [3.05, 3.63) is 23.2 Å². The molecule has 1 aromatic rings. The molecule has 5 nitrogen and oxygen atoms in total. The number of carbonyl (C=O) groups is 1. The zero-order valence-electron chi connectivity index (χ0n) is 6.53. The van der Waals surface area contributed by atoms with Crippen LogP contribution in [0, 0.1) is 6.92 Å². The van der Waals surface area contributed by atoms with E-state index in [0.29, 0.717) is 11.5 Å². The molecule has 0 aliphatic heterocycles. The van der Waals surface area contributed by atoms with Crippen molar-refractivity contribution in [1.29, 1.82) is 0 Å². The molecule has 0 aliphatic rings. The van der Waals surface area contributed by atoms with Crippen molar-refractivity contribution in [2.45, 2.75) is 13.5 Å². The van der Waals surface area contributed by atoms with Crippen LogP contribution in [0.2, 0.25) is 0 Å². The molecule has 0 unspecified atom stereocenters. The second-order valence-electron chi connectivity index (χ2n) is 2.30. The van der Waals surface area contributed by atoms with Crippen LogP contribution >= 0.6 is 0 Å². The molecule has 0 saturated carbocycles. The Morgan fingerprint density at radius 3 is 2.92 bits per heavy atom. The Kier molecular flexibility index (Phi) is 2.47. The van der Waals surface area contributed by atoms with Crippen molar-refractivity contribution in [2.75, 3.05) is 0 Å². The Labute approximate surface area is 68.7 Å². The van der Waals surface area contributed by atoms with Gasteiger partial charge in [0.1, 0.15) is 23.7 Å². The first-order valence-electron chi connectivity index (χ1n) is 3.29. The lowest BCUT2D eigenvalue weighted by Gasteiger charge is -1.89. The minimum absolute atomic E-state index is 0.0775. The molecule has 1 rings (SSSR count). The van der Waals surface area contributed by atoms with Gasteiger partial charge in [0.25, 0.3) is 0 Å². The number of aryl methyl sites for hydroxylation is 1. The molecule has 0 aromatic carbocycles. The molecule has 0 spiro atoms. The maximum Gasteiger partial charge on any atom is 0.339 e. The van der Waals surface area contributed by atoms with E-state index in [9.17, 15) is 4.79 Å². The molecule has 1 aromatic heterocycles. The van der Waals surface area contributed by atoms with Crippen molar-refractivity contribution in [3.63, 3.8) is 0 Å². The van der Waals surface area contributed by atoms with E-state index in [0.717, 1.165) is 0 Å². The molecular formula is C7H9NO4. The summed E-state index contributed by atoms with van der Waals surface area (Å²) in [5.41, 5.74) is 0.141. The van der Waals surface area contributed by atoms with Crippen molar-refractivity contribution in [1.82, 2.24) is 0 Å². The van der Waals surface area contributed by atoms with Crippen LogP contribution in [-0.2, 0) is 11.4 Å². The summed E-state index contributed by atoms with van der Waals surface area (Å²) in [5, 5.41) is 8.62. The summed E-state index contributed by atoms with van der Waals surface area (Å²) < 4.78 is 5.03. The van der Waals surface area contributed by atoms with E-state index in [-0.39, 0.29) is 12.2 Å². The highest BCUT2D eigenvalue weighted by molar-refractivity contribution is 5.88. The Balaban J connectivity index is 2.92. The largest absolute Gasteiger partial charge is 0.478 e. The second-order valence-corrected chi connectivity index (χ2v) is 2.30. The van der Waals surface area contributed by atoms with Gasteiger partial charge in [-0.25, -0.2) is 10.7 Å². The fraction of sp³-hybridized carbons (Fsp3) is 0.286. The third kappa shape index (κ3) is 1.63. The van der Waals surface area contributed by atoms with Gasteiger partial charge in [0.15, 0.2) is 0 Å². The van der Waals surface area contributed by atoms with Crippen molar-refractivity contribution >= 4 is 5.97 Å². The van der Waals surface area contributed by atoms with Crippen molar-refractivity contribution in [3.8, 4) is 0 Å². The van der Waals surface area contributed by atoms with E-state index < -0.39 is 5.97 Å². The molecule has 12 heavy (non-hydrogen) atoms. The predicted octanol–water partition coefficient (Wildman–Crippen LogP) is 0.677. The van der Waals surface area contributed by atoms with Gasteiger partial charge in [-0.15, -0.1) is 0 Å². The predicted molar refractivity (Wildman–Crippen MR) is 39.4 cm³/mol. The third-order valence-corrected chi connectivity index (χ3v) is 1.42. The number of nitrogens with two attached hydrogens (primary N) is 1. The number of rotatable bonds is 3. The summed E-state index contributed by atoms with van der Waals surface area (Å²) in [4.78, 5) is 14.8. The molecule has 0 amide bonds. The molecule has 0 radical (unpaired) electrons. The van der Waals surface area contributed by atoms with Gasteiger partial charge in [-0.05, 0) is 13.0 Å². The summed E-state index contributed by atoms with van der Waals surface area (Å²) in [6.07, 6.45) is 0. The lowest BCUT2D eigenvalue weighted by atomic mass is 10.2. The Morgan fingerprint density at radius 1 is 1.83 bits per heavy atom. The summed E-state index contributed by atoms with van der Waals surface area (Å²) in [6.45, 7) is 1.65. The maximum atomic E-state index is 10.5. The minimum atomic E-state index is -1.01. The van der Waals surface area contributed by atoms with E-state index in [1.54, 1.807) is 6.92 Å². The van der Waals surface area contributed by atoms with Gasteiger partial charge >= 0.3 is 5.97 Å². The highest BCUT2D eigenvalue weighted by Crippen LogP contribution is 2.14. The van der Waals surface area contributed by atoms with Gasteiger partial charge in [0.05, 0.1) is 0 Å². The molecule has 5 heteroatoms. The number of carboxylic acid groups (broad SMARTS) is 1. The molecular weight excluding hydrogens is 162 g/mol. The van der Waals surface area contributed by atoms with E-state index in [1.165, 1.54) is 6.07 Å². The van der Waals surface area contributed by atoms with Crippen LogP contribution in [0.15, 0.2) is 10.5 Å². The zero-order chi connectivity index (χ0) is 9.14. The fourth-order valence-corrected chi connectivity index (χ4v) is 0.909. The van der Waals surface area contributed by atoms with Gasteiger partial charge in [0.2, 0.25) is 0 Å². The number of hydrogen-bond donors (Lipinski definition) is 2. The van der Waals surface area contributed by atoms with Crippen LogP contribution < -0.4 is 5.90 Å². The van der Waals surface area contributed by atoms with E-state index >= 15 is 0 Å². The SMILES string of the molecule is Cc1oc(CON)cc1C(=O)O. The summed E-state index contributed by atoms with van der Waals surface area (Å²) in [5.74, 6) is 4.54.